The maximum absolute atomic E-state index is 12.5. The lowest BCUT2D eigenvalue weighted by Gasteiger charge is -2.42. The predicted molar refractivity (Wildman–Crippen MR) is 74.8 cm³/mol. The first kappa shape index (κ1) is 14.8. The topological polar surface area (TPSA) is 49.4 Å². The van der Waals surface area contributed by atoms with Crippen molar-refractivity contribution in [3.05, 3.63) is 12.7 Å². The summed E-state index contributed by atoms with van der Waals surface area (Å²) in [6, 6.07) is 0. The summed E-state index contributed by atoms with van der Waals surface area (Å²) in [5.41, 5.74) is -1.06. The van der Waals surface area contributed by atoms with Crippen molar-refractivity contribution in [3.63, 3.8) is 0 Å². The third-order valence-corrected chi connectivity index (χ3v) is 4.02. The Bertz CT molecular complexity index is 394. The van der Waals surface area contributed by atoms with Crippen molar-refractivity contribution in [2.24, 2.45) is 11.3 Å². The predicted octanol–water partition coefficient (Wildman–Crippen LogP) is 1.86. The Balaban J connectivity index is 3.22. The summed E-state index contributed by atoms with van der Waals surface area (Å²) < 4.78 is 0. The number of carbonyl (C=O) groups is 2. The highest BCUT2D eigenvalue weighted by Crippen LogP contribution is 2.39. The molecular formula is C13H20N2O2S. The van der Waals surface area contributed by atoms with Gasteiger partial charge in [0, 0.05) is 7.05 Å². The minimum Gasteiger partial charge on any atom is -0.302 e. The SMILES string of the molecule is C=CC[C@@]1([C@H](C)CCC)C(=O)NC(=S)N(C)C1=O. The van der Waals surface area contributed by atoms with Crippen molar-refractivity contribution in [3.8, 4) is 0 Å². The molecule has 1 fully saturated rings. The third-order valence-electron chi connectivity index (χ3n) is 3.65. The summed E-state index contributed by atoms with van der Waals surface area (Å²) >= 11 is 4.97. The zero-order valence-corrected chi connectivity index (χ0v) is 12.0. The van der Waals surface area contributed by atoms with Crippen LogP contribution in [0.25, 0.3) is 0 Å². The number of hydrogen-bond donors (Lipinski definition) is 1. The Morgan fingerprint density at radius 1 is 1.56 bits per heavy atom. The van der Waals surface area contributed by atoms with Gasteiger partial charge >= 0.3 is 0 Å². The van der Waals surface area contributed by atoms with E-state index in [1.165, 1.54) is 4.90 Å². The van der Waals surface area contributed by atoms with E-state index in [1.807, 2.05) is 13.8 Å². The van der Waals surface area contributed by atoms with Gasteiger partial charge in [-0.3, -0.25) is 14.5 Å². The lowest BCUT2D eigenvalue weighted by atomic mass is 9.69. The summed E-state index contributed by atoms with van der Waals surface area (Å²) in [6.45, 7) is 7.65. The molecular weight excluding hydrogens is 248 g/mol. The van der Waals surface area contributed by atoms with E-state index in [4.69, 9.17) is 12.2 Å². The molecule has 1 saturated heterocycles. The Labute approximate surface area is 113 Å². The van der Waals surface area contributed by atoms with Gasteiger partial charge in [-0.05, 0) is 31.0 Å². The van der Waals surface area contributed by atoms with E-state index in [-0.39, 0.29) is 22.8 Å². The fourth-order valence-electron chi connectivity index (χ4n) is 2.50. The molecule has 100 valence electrons. The van der Waals surface area contributed by atoms with Crippen molar-refractivity contribution in [2.75, 3.05) is 7.05 Å². The molecule has 0 unspecified atom stereocenters. The lowest BCUT2D eigenvalue weighted by Crippen LogP contribution is -2.64. The van der Waals surface area contributed by atoms with Gasteiger partial charge in [0.05, 0.1) is 0 Å². The van der Waals surface area contributed by atoms with Crippen LogP contribution in [0.4, 0.5) is 0 Å². The van der Waals surface area contributed by atoms with Crippen LogP contribution in [0.5, 0.6) is 0 Å². The summed E-state index contributed by atoms with van der Waals surface area (Å²) in [5.74, 6) is -0.563. The van der Waals surface area contributed by atoms with Crippen LogP contribution in [0.1, 0.15) is 33.1 Å². The molecule has 1 N–H and O–H groups in total. The van der Waals surface area contributed by atoms with Gasteiger partial charge in [0.15, 0.2) is 5.11 Å². The van der Waals surface area contributed by atoms with E-state index < -0.39 is 5.41 Å². The van der Waals surface area contributed by atoms with Crippen LogP contribution in [0.2, 0.25) is 0 Å². The normalized spacial score (nSPS) is 25.9. The third kappa shape index (κ3) is 2.19. The van der Waals surface area contributed by atoms with Gasteiger partial charge in [0.1, 0.15) is 5.41 Å². The maximum Gasteiger partial charge on any atom is 0.244 e. The maximum atomic E-state index is 12.5. The first-order valence-corrected chi connectivity index (χ1v) is 6.57. The molecule has 0 aromatic rings. The highest BCUT2D eigenvalue weighted by molar-refractivity contribution is 7.80. The van der Waals surface area contributed by atoms with Gasteiger partial charge in [-0.1, -0.05) is 26.3 Å². The number of rotatable bonds is 5. The molecule has 2 atom stereocenters. The highest BCUT2D eigenvalue weighted by atomic mass is 32.1. The van der Waals surface area contributed by atoms with E-state index in [1.54, 1.807) is 13.1 Å². The molecule has 1 rings (SSSR count). The number of carbonyl (C=O) groups excluding carboxylic acids is 2. The van der Waals surface area contributed by atoms with E-state index in [0.717, 1.165) is 12.8 Å². The molecule has 0 spiro atoms. The van der Waals surface area contributed by atoms with Gasteiger partial charge in [0.2, 0.25) is 11.8 Å². The fourth-order valence-corrected chi connectivity index (χ4v) is 2.68. The number of amides is 2. The lowest BCUT2D eigenvalue weighted by molar-refractivity contribution is -0.153. The van der Waals surface area contributed by atoms with Gasteiger partial charge < -0.3 is 5.32 Å². The van der Waals surface area contributed by atoms with Gasteiger partial charge in [-0.25, -0.2) is 0 Å². The molecule has 1 aliphatic rings. The number of nitrogens with one attached hydrogen (secondary N) is 1. The molecule has 4 nitrogen and oxygen atoms in total. The summed E-state index contributed by atoms with van der Waals surface area (Å²) in [5, 5.41) is 2.80. The summed E-state index contributed by atoms with van der Waals surface area (Å²) in [6.07, 6.45) is 3.71. The Morgan fingerprint density at radius 2 is 2.17 bits per heavy atom. The highest BCUT2D eigenvalue weighted by Gasteiger charge is 2.53. The fraction of sp³-hybridized carbons (Fsp3) is 0.615. The molecule has 0 aromatic carbocycles. The second-order valence-electron chi connectivity index (χ2n) is 4.78. The van der Waals surface area contributed by atoms with Crippen molar-refractivity contribution < 1.29 is 9.59 Å². The number of allylic oxidation sites excluding steroid dienone is 1. The summed E-state index contributed by atoms with van der Waals surface area (Å²) in [7, 11) is 1.60. The molecule has 18 heavy (non-hydrogen) atoms. The number of thiocarbonyl (C=S) groups is 1. The Kier molecular flexibility index (Phi) is 4.62. The second-order valence-corrected chi connectivity index (χ2v) is 5.16. The van der Waals surface area contributed by atoms with Crippen LogP contribution in [0, 0.1) is 11.3 Å². The van der Waals surface area contributed by atoms with Crippen LogP contribution in [-0.4, -0.2) is 28.9 Å². The van der Waals surface area contributed by atoms with Crippen LogP contribution in [0.15, 0.2) is 12.7 Å². The zero-order valence-electron chi connectivity index (χ0n) is 11.2. The molecule has 5 heteroatoms. The molecule has 0 aliphatic carbocycles. The van der Waals surface area contributed by atoms with Crippen molar-refractivity contribution in [2.45, 2.75) is 33.1 Å². The van der Waals surface area contributed by atoms with Crippen molar-refractivity contribution in [1.29, 1.82) is 0 Å². The molecule has 0 bridgehead atoms. The monoisotopic (exact) mass is 268 g/mol. The average Bonchev–Trinajstić information content (AvgIpc) is 2.32. The van der Waals surface area contributed by atoms with Crippen LogP contribution >= 0.6 is 12.2 Å². The Hall–Kier alpha value is -1.23. The molecule has 1 aliphatic heterocycles. The average molecular weight is 268 g/mol. The molecule has 2 amide bonds. The first-order chi connectivity index (χ1) is 8.41. The first-order valence-electron chi connectivity index (χ1n) is 6.16. The molecule has 0 aromatic heterocycles. The largest absolute Gasteiger partial charge is 0.302 e. The van der Waals surface area contributed by atoms with Crippen LogP contribution < -0.4 is 5.32 Å². The summed E-state index contributed by atoms with van der Waals surface area (Å²) in [4.78, 5) is 26.2. The minimum absolute atomic E-state index is 0.0430. The second kappa shape index (κ2) is 5.61. The Morgan fingerprint density at radius 3 is 2.67 bits per heavy atom. The van der Waals surface area contributed by atoms with Crippen molar-refractivity contribution in [1.82, 2.24) is 10.2 Å². The van der Waals surface area contributed by atoms with E-state index in [9.17, 15) is 9.59 Å². The van der Waals surface area contributed by atoms with Gasteiger partial charge in [-0.2, -0.15) is 0 Å². The molecule has 0 saturated carbocycles. The van der Waals surface area contributed by atoms with Crippen LogP contribution in [0.3, 0.4) is 0 Å². The molecule has 0 radical (unpaired) electrons. The van der Waals surface area contributed by atoms with E-state index >= 15 is 0 Å². The minimum atomic E-state index is -1.06. The van der Waals surface area contributed by atoms with Gasteiger partial charge in [0.25, 0.3) is 0 Å². The zero-order chi connectivity index (χ0) is 13.9. The molecule has 1 heterocycles. The standard InChI is InChI=1S/C13H20N2O2S/c1-5-7-9(3)13(8-6-2)10(16)14-12(18)15(4)11(13)17/h6,9H,2,5,7-8H2,1,3-4H3,(H,14,16,18)/t9-,13-/m1/s1. The van der Waals surface area contributed by atoms with E-state index in [2.05, 4.69) is 11.9 Å². The quantitative estimate of drug-likeness (QED) is 0.470. The smallest absolute Gasteiger partial charge is 0.244 e. The van der Waals surface area contributed by atoms with Gasteiger partial charge in [-0.15, -0.1) is 6.58 Å². The number of nitrogens with zero attached hydrogens (tertiary/aromatic N) is 1. The van der Waals surface area contributed by atoms with E-state index in [0.29, 0.717) is 6.42 Å². The van der Waals surface area contributed by atoms with Crippen molar-refractivity contribution >= 4 is 29.1 Å². The number of hydrogen-bond acceptors (Lipinski definition) is 3. The van der Waals surface area contributed by atoms with Crippen LogP contribution in [-0.2, 0) is 9.59 Å².